The van der Waals surface area contributed by atoms with Crippen LogP contribution >= 0.6 is 11.6 Å². The first kappa shape index (κ1) is 21.8. The Hall–Kier alpha value is -4.38. The van der Waals surface area contributed by atoms with Gasteiger partial charge in [-0.15, -0.1) is 0 Å². The van der Waals surface area contributed by atoms with E-state index in [9.17, 15) is 10.1 Å². The van der Waals surface area contributed by atoms with Crippen molar-refractivity contribution in [2.24, 2.45) is 5.10 Å². The van der Waals surface area contributed by atoms with Gasteiger partial charge in [-0.25, -0.2) is 10.1 Å². The number of benzene rings is 2. The monoisotopic (exact) mass is 463 g/mol. The Bertz CT molecular complexity index is 1340. The molecule has 0 atom stereocenters. The Kier molecular flexibility index (Phi) is 6.22. The van der Waals surface area contributed by atoms with E-state index >= 15 is 0 Å². The van der Waals surface area contributed by atoms with Crippen LogP contribution in [0.5, 0.6) is 0 Å². The SMILES string of the molecule is Cc1cc(C)n(-c2nc(N/N=C/c3cccc([N+](=O)[O-])c3)nc(Nc3ccc(Cl)cc3)n2)n1. The molecule has 2 aromatic heterocycles. The lowest BCUT2D eigenvalue weighted by Crippen LogP contribution is -2.11. The third-order valence-electron chi connectivity index (χ3n) is 4.38. The maximum absolute atomic E-state index is 11.0. The van der Waals surface area contributed by atoms with Crippen molar-refractivity contribution in [2.75, 3.05) is 10.7 Å². The second-order valence-corrected chi connectivity index (χ2v) is 7.41. The number of nitro groups is 1. The number of nitro benzene ring substituents is 1. The quantitative estimate of drug-likeness (QED) is 0.233. The molecule has 0 fully saturated rings. The fourth-order valence-corrected chi connectivity index (χ4v) is 3.07. The van der Waals surface area contributed by atoms with Crippen molar-refractivity contribution in [2.45, 2.75) is 13.8 Å². The minimum absolute atomic E-state index is 0.0274. The fraction of sp³-hybridized carbons (Fsp3) is 0.0952. The van der Waals surface area contributed by atoms with Gasteiger partial charge in [-0.1, -0.05) is 23.7 Å². The van der Waals surface area contributed by atoms with E-state index in [1.54, 1.807) is 41.1 Å². The summed E-state index contributed by atoms with van der Waals surface area (Å²) in [5.74, 6) is 0.716. The molecule has 11 nitrogen and oxygen atoms in total. The average molecular weight is 464 g/mol. The summed E-state index contributed by atoms with van der Waals surface area (Å²) in [6.45, 7) is 3.77. The van der Waals surface area contributed by atoms with Crippen LogP contribution in [0, 0.1) is 24.0 Å². The molecule has 0 aliphatic rings. The standard InChI is InChI=1S/C21H18ClN9O2/c1-13-10-14(2)30(29-13)21-26-19(24-17-8-6-16(22)7-9-17)25-20(27-21)28-23-12-15-4-3-5-18(11-15)31(32)33/h3-12H,1-2H3,(H2,24,25,26,27,28)/b23-12+. The maximum atomic E-state index is 11.0. The number of hydrazone groups is 1. The summed E-state index contributed by atoms with van der Waals surface area (Å²) in [5, 5.41) is 23.2. The normalized spacial score (nSPS) is 11.0. The van der Waals surface area contributed by atoms with Gasteiger partial charge in [0.25, 0.3) is 11.6 Å². The van der Waals surface area contributed by atoms with Gasteiger partial charge in [0.05, 0.1) is 16.8 Å². The molecule has 0 bridgehead atoms. The van der Waals surface area contributed by atoms with Crippen LogP contribution in [0.2, 0.25) is 5.02 Å². The van der Waals surface area contributed by atoms with Crippen LogP contribution < -0.4 is 10.7 Å². The van der Waals surface area contributed by atoms with Crippen LogP contribution in [0.15, 0.2) is 59.7 Å². The number of hydrogen-bond donors (Lipinski definition) is 2. The molecule has 0 amide bonds. The Labute approximate surface area is 193 Å². The van der Waals surface area contributed by atoms with E-state index in [2.05, 4.69) is 35.9 Å². The lowest BCUT2D eigenvalue weighted by atomic mass is 10.2. The number of aryl methyl sites for hydroxylation is 2. The number of rotatable bonds is 7. The van der Waals surface area contributed by atoms with Gasteiger partial charge >= 0.3 is 0 Å². The zero-order valence-corrected chi connectivity index (χ0v) is 18.4. The van der Waals surface area contributed by atoms with E-state index in [0.29, 0.717) is 16.5 Å². The summed E-state index contributed by atoms with van der Waals surface area (Å²) < 4.78 is 1.60. The van der Waals surface area contributed by atoms with Crippen molar-refractivity contribution in [3.8, 4) is 5.95 Å². The lowest BCUT2D eigenvalue weighted by Gasteiger charge is -2.09. The zero-order valence-electron chi connectivity index (χ0n) is 17.6. The molecular formula is C21H18ClN9O2. The predicted molar refractivity (Wildman–Crippen MR) is 125 cm³/mol. The smallest absolute Gasteiger partial charge is 0.270 e. The van der Waals surface area contributed by atoms with Crippen LogP contribution in [-0.4, -0.2) is 35.9 Å². The van der Waals surface area contributed by atoms with Crippen molar-refractivity contribution < 1.29 is 4.92 Å². The first-order valence-corrected chi connectivity index (χ1v) is 10.1. The van der Waals surface area contributed by atoms with Crippen LogP contribution in [0.4, 0.5) is 23.3 Å². The molecule has 0 aliphatic carbocycles. The first-order chi connectivity index (χ1) is 15.9. The number of anilines is 3. The highest BCUT2D eigenvalue weighted by Crippen LogP contribution is 2.19. The number of nitrogens with one attached hydrogen (secondary N) is 2. The van der Waals surface area contributed by atoms with E-state index in [4.69, 9.17) is 11.6 Å². The molecule has 0 aliphatic heterocycles. The summed E-state index contributed by atoms with van der Waals surface area (Å²) >= 11 is 5.96. The molecule has 0 spiro atoms. The van der Waals surface area contributed by atoms with E-state index in [-0.39, 0.29) is 17.6 Å². The number of aromatic nitrogens is 5. The molecule has 2 N–H and O–H groups in total. The molecular weight excluding hydrogens is 446 g/mol. The lowest BCUT2D eigenvalue weighted by molar-refractivity contribution is -0.384. The Balaban J connectivity index is 1.63. The molecule has 166 valence electrons. The van der Waals surface area contributed by atoms with Gasteiger partial charge in [-0.05, 0) is 44.2 Å². The van der Waals surface area contributed by atoms with Crippen molar-refractivity contribution in [3.63, 3.8) is 0 Å². The van der Waals surface area contributed by atoms with Gasteiger partial charge in [-0.2, -0.15) is 25.2 Å². The average Bonchev–Trinajstić information content (AvgIpc) is 3.13. The molecule has 4 aromatic rings. The van der Waals surface area contributed by atoms with Gasteiger partial charge < -0.3 is 5.32 Å². The zero-order chi connectivity index (χ0) is 23.4. The third kappa shape index (κ3) is 5.46. The van der Waals surface area contributed by atoms with Crippen molar-refractivity contribution in [3.05, 3.63) is 86.7 Å². The molecule has 0 saturated carbocycles. The molecule has 0 saturated heterocycles. The van der Waals surface area contributed by atoms with Crippen molar-refractivity contribution in [1.29, 1.82) is 0 Å². The summed E-state index contributed by atoms with van der Waals surface area (Å²) in [6, 6.07) is 15.1. The predicted octanol–water partition coefficient (Wildman–Crippen LogP) is 4.43. The highest BCUT2D eigenvalue weighted by atomic mass is 35.5. The van der Waals surface area contributed by atoms with Gasteiger partial charge in [0.2, 0.25) is 11.9 Å². The van der Waals surface area contributed by atoms with E-state index in [1.165, 1.54) is 18.3 Å². The van der Waals surface area contributed by atoms with Crippen molar-refractivity contribution in [1.82, 2.24) is 24.7 Å². The first-order valence-electron chi connectivity index (χ1n) is 9.73. The number of nitrogens with zero attached hydrogens (tertiary/aromatic N) is 7. The van der Waals surface area contributed by atoms with E-state index in [0.717, 1.165) is 17.1 Å². The second-order valence-electron chi connectivity index (χ2n) is 6.98. The van der Waals surface area contributed by atoms with Gasteiger partial charge in [0.1, 0.15) is 0 Å². The van der Waals surface area contributed by atoms with Gasteiger partial charge in [0, 0.05) is 34.1 Å². The number of non-ortho nitro benzene ring substituents is 1. The molecule has 2 heterocycles. The third-order valence-corrected chi connectivity index (χ3v) is 4.63. The highest BCUT2D eigenvalue weighted by molar-refractivity contribution is 6.30. The van der Waals surface area contributed by atoms with Crippen LogP contribution in [0.1, 0.15) is 17.0 Å². The summed E-state index contributed by atoms with van der Waals surface area (Å²) in [6.07, 6.45) is 1.44. The molecule has 2 aromatic carbocycles. The molecule has 0 unspecified atom stereocenters. The highest BCUT2D eigenvalue weighted by Gasteiger charge is 2.12. The maximum Gasteiger partial charge on any atom is 0.270 e. The van der Waals surface area contributed by atoms with E-state index in [1.807, 2.05) is 19.9 Å². The van der Waals surface area contributed by atoms with Crippen LogP contribution in [0.3, 0.4) is 0 Å². The summed E-state index contributed by atoms with van der Waals surface area (Å²) in [5.41, 5.74) is 5.67. The fourth-order valence-electron chi connectivity index (χ4n) is 2.94. The molecule has 0 radical (unpaired) electrons. The minimum Gasteiger partial charge on any atom is -0.324 e. The topological polar surface area (TPSA) is 136 Å². The molecule has 12 heteroatoms. The van der Waals surface area contributed by atoms with Crippen LogP contribution in [-0.2, 0) is 0 Å². The largest absolute Gasteiger partial charge is 0.324 e. The molecule has 33 heavy (non-hydrogen) atoms. The number of halogens is 1. The Morgan fingerprint density at radius 3 is 2.52 bits per heavy atom. The Morgan fingerprint density at radius 1 is 1.06 bits per heavy atom. The number of hydrogen-bond acceptors (Lipinski definition) is 9. The van der Waals surface area contributed by atoms with Crippen LogP contribution in [0.25, 0.3) is 5.95 Å². The summed E-state index contributed by atoms with van der Waals surface area (Å²) in [7, 11) is 0. The van der Waals surface area contributed by atoms with E-state index < -0.39 is 4.92 Å². The minimum atomic E-state index is -0.466. The second kappa shape index (κ2) is 9.40. The van der Waals surface area contributed by atoms with Gasteiger partial charge in [-0.3, -0.25) is 10.1 Å². The summed E-state index contributed by atoms with van der Waals surface area (Å²) in [4.78, 5) is 23.7. The van der Waals surface area contributed by atoms with Gasteiger partial charge in [0.15, 0.2) is 0 Å². The molecule has 4 rings (SSSR count). The Morgan fingerprint density at radius 2 is 1.82 bits per heavy atom. The van der Waals surface area contributed by atoms with Crippen molar-refractivity contribution >= 4 is 41.1 Å².